The summed E-state index contributed by atoms with van der Waals surface area (Å²) >= 11 is 0. The summed E-state index contributed by atoms with van der Waals surface area (Å²) in [6, 6.07) is 14.0. The van der Waals surface area contributed by atoms with Crippen molar-refractivity contribution < 1.29 is 9.90 Å². The second-order valence-corrected chi connectivity index (χ2v) is 5.87. The quantitative estimate of drug-likeness (QED) is 0.672. The number of benzene rings is 2. The number of aromatic nitrogens is 1. The third-order valence-corrected chi connectivity index (χ3v) is 4.22. The van der Waals surface area contributed by atoms with Crippen LogP contribution in [0.15, 0.2) is 60.9 Å². The maximum absolute atomic E-state index is 11.9. The molecule has 5 heteroatoms. The monoisotopic (exact) mass is 321 g/mol. The molecule has 0 saturated heterocycles. The van der Waals surface area contributed by atoms with Crippen LogP contribution in [0.5, 0.6) is 5.75 Å². The molecule has 0 radical (unpaired) electrons. The largest absolute Gasteiger partial charge is 0.508 e. The molecule has 3 rings (SSSR count). The Morgan fingerprint density at radius 2 is 1.75 bits per heavy atom. The van der Waals surface area contributed by atoms with E-state index in [0.29, 0.717) is 6.42 Å². The van der Waals surface area contributed by atoms with Crippen molar-refractivity contribution in [2.24, 2.45) is 11.5 Å². The van der Waals surface area contributed by atoms with E-state index >= 15 is 0 Å². The van der Waals surface area contributed by atoms with Crippen LogP contribution >= 0.6 is 0 Å². The first-order chi connectivity index (χ1) is 11.5. The molecule has 24 heavy (non-hydrogen) atoms. The van der Waals surface area contributed by atoms with Crippen LogP contribution in [0.1, 0.15) is 29.5 Å². The van der Waals surface area contributed by atoms with Crippen molar-refractivity contribution in [3.63, 3.8) is 0 Å². The summed E-state index contributed by atoms with van der Waals surface area (Å²) in [5.74, 6) is -0.788. The van der Waals surface area contributed by atoms with Gasteiger partial charge in [-0.05, 0) is 47.2 Å². The summed E-state index contributed by atoms with van der Waals surface area (Å²) in [5, 5.41) is 11.5. The molecule has 1 heterocycles. The lowest BCUT2D eigenvalue weighted by Gasteiger charge is -2.19. The molecule has 1 amide bonds. The molecular weight excluding hydrogens is 302 g/mol. The van der Waals surface area contributed by atoms with Crippen molar-refractivity contribution in [3.05, 3.63) is 72.1 Å². The van der Waals surface area contributed by atoms with Gasteiger partial charge in [0.2, 0.25) is 5.91 Å². The van der Waals surface area contributed by atoms with E-state index in [1.54, 1.807) is 36.7 Å². The molecule has 0 bridgehead atoms. The van der Waals surface area contributed by atoms with Crippen molar-refractivity contribution in [3.8, 4) is 5.75 Å². The molecule has 0 aliphatic rings. The zero-order valence-electron chi connectivity index (χ0n) is 13.1. The molecule has 0 aliphatic carbocycles. The minimum absolute atomic E-state index is 0.148. The Kier molecular flexibility index (Phi) is 4.44. The van der Waals surface area contributed by atoms with Gasteiger partial charge in [0.15, 0.2) is 0 Å². The number of hydrogen-bond donors (Lipinski definition) is 3. The van der Waals surface area contributed by atoms with Crippen LogP contribution in [0.4, 0.5) is 0 Å². The summed E-state index contributed by atoms with van der Waals surface area (Å²) in [6.07, 6.45) is 3.93. The standard InChI is InChI=1S/C19H19N3O2/c20-18(14-1-2-15-11-22-8-7-13(15)9-14)10-17(19(21)24)12-3-5-16(23)6-4-12/h1-9,11,17-18,23H,10,20H2,(H2,21,24). The molecule has 0 saturated carbocycles. The van der Waals surface area contributed by atoms with Crippen LogP contribution in [0, 0.1) is 0 Å². The second kappa shape index (κ2) is 6.68. The maximum Gasteiger partial charge on any atom is 0.225 e. The van der Waals surface area contributed by atoms with Crippen molar-refractivity contribution >= 4 is 16.7 Å². The van der Waals surface area contributed by atoms with Crippen LogP contribution in [0.25, 0.3) is 10.8 Å². The summed E-state index contributed by atoms with van der Waals surface area (Å²) in [6.45, 7) is 0. The number of aromatic hydroxyl groups is 1. The average molecular weight is 321 g/mol. The first-order valence-electron chi connectivity index (χ1n) is 7.72. The van der Waals surface area contributed by atoms with Crippen molar-refractivity contribution in [1.29, 1.82) is 0 Å². The van der Waals surface area contributed by atoms with Crippen molar-refractivity contribution in [2.45, 2.75) is 18.4 Å². The van der Waals surface area contributed by atoms with Gasteiger partial charge in [0, 0.05) is 23.8 Å². The molecule has 0 fully saturated rings. The average Bonchev–Trinajstić information content (AvgIpc) is 2.59. The van der Waals surface area contributed by atoms with E-state index in [9.17, 15) is 9.90 Å². The van der Waals surface area contributed by atoms with Crippen LogP contribution in [0.3, 0.4) is 0 Å². The minimum atomic E-state index is -0.506. The predicted molar refractivity (Wildman–Crippen MR) is 93.3 cm³/mol. The van der Waals surface area contributed by atoms with Gasteiger partial charge in [-0.1, -0.05) is 24.3 Å². The van der Waals surface area contributed by atoms with Gasteiger partial charge in [-0.15, -0.1) is 0 Å². The van der Waals surface area contributed by atoms with Crippen molar-refractivity contribution in [1.82, 2.24) is 4.98 Å². The van der Waals surface area contributed by atoms with Gasteiger partial charge >= 0.3 is 0 Å². The number of carbonyl (C=O) groups excluding carboxylic acids is 1. The topological polar surface area (TPSA) is 102 Å². The molecule has 122 valence electrons. The minimum Gasteiger partial charge on any atom is -0.508 e. The number of primary amides is 1. The molecule has 3 aromatic rings. The number of hydrogen-bond acceptors (Lipinski definition) is 4. The van der Waals surface area contributed by atoms with Gasteiger partial charge in [-0.2, -0.15) is 0 Å². The van der Waals surface area contributed by atoms with E-state index in [2.05, 4.69) is 4.98 Å². The molecule has 0 aliphatic heterocycles. The molecule has 2 atom stereocenters. The zero-order valence-corrected chi connectivity index (χ0v) is 13.1. The SMILES string of the molecule is NC(=O)C(CC(N)c1ccc2cnccc2c1)c1ccc(O)cc1. The number of nitrogens with zero attached hydrogens (tertiary/aromatic N) is 1. The first-order valence-corrected chi connectivity index (χ1v) is 7.72. The molecule has 1 aromatic heterocycles. The van der Waals surface area contributed by atoms with E-state index in [1.165, 1.54) is 0 Å². The van der Waals surface area contributed by atoms with Crippen LogP contribution in [-0.4, -0.2) is 16.0 Å². The molecule has 5 nitrogen and oxygen atoms in total. The van der Waals surface area contributed by atoms with E-state index in [0.717, 1.165) is 21.9 Å². The number of phenolic OH excluding ortho intramolecular Hbond substituents is 1. The van der Waals surface area contributed by atoms with Gasteiger partial charge in [0.25, 0.3) is 0 Å². The first kappa shape index (κ1) is 16.0. The number of fused-ring (bicyclic) bond motifs is 1. The lowest BCUT2D eigenvalue weighted by Crippen LogP contribution is -2.25. The van der Waals surface area contributed by atoms with Crippen molar-refractivity contribution in [2.75, 3.05) is 0 Å². The number of amides is 1. The Morgan fingerprint density at radius 1 is 1.04 bits per heavy atom. The number of pyridine rings is 1. The number of carbonyl (C=O) groups is 1. The Bertz CT molecular complexity index is 862. The lowest BCUT2D eigenvalue weighted by molar-refractivity contribution is -0.119. The Balaban J connectivity index is 1.85. The number of nitrogens with two attached hydrogens (primary N) is 2. The van der Waals surface area contributed by atoms with Gasteiger partial charge in [-0.25, -0.2) is 0 Å². The molecule has 2 unspecified atom stereocenters. The van der Waals surface area contributed by atoms with Gasteiger partial charge < -0.3 is 16.6 Å². The van der Waals surface area contributed by atoms with Crippen LogP contribution in [-0.2, 0) is 4.79 Å². The lowest BCUT2D eigenvalue weighted by atomic mass is 9.88. The fraction of sp³-hybridized carbons (Fsp3) is 0.158. The number of phenols is 1. The van der Waals surface area contributed by atoms with E-state index in [-0.39, 0.29) is 11.8 Å². The third-order valence-electron chi connectivity index (χ3n) is 4.22. The van der Waals surface area contributed by atoms with Gasteiger partial charge in [0.05, 0.1) is 5.92 Å². The fourth-order valence-electron chi connectivity index (χ4n) is 2.85. The molecular formula is C19H19N3O2. The molecule has 5 N–H and O–H groups in total. The Morgan fingerprint density at radius 3 is 2.46 bits per heavy atom. The highest BCUT2D eigenvalue weighted by Crippen LogP contribution is 2.29. The normalized spacial score (nSPS) is 13.5. The Hall–Kier alpha value is -2.92. The van der Waals surface area contributed by atoms with Gasteiger partial charge in [-0.3, -0.25) is 9.78 Å². The zero-order chi connectivity index (χ0) is 17.1. The highest BCUT2D eigenvalue weighted by molar-refractivity contribution is 5.83. The van der Waals surface area contributed by atoms with Crippen LogP contribution < -0.4 is 11.5 Å². The maximum atomic E-state index is 11.9. The highest BCUT2D eigenvalue weighted by Gasteiger charge is 2.22. The molecule has 0 spiro atoms. The van der Waals surface area contributed by atoms with Gasteiger partial charge in [0.1, 0.15) is 5.75 Å². The summed E-state index contributed by atoms with van der Waals surface area (Å²) in [5.41, 5.74) is 13.6. The second-order valence-electron chi connectivity index (χ2n) is 5.87. The fourth-order valence-corrected chi connectivity index (χ4v) is 2.85. The predicted octanol–water partition coefficient (Wildman–Crippen LogP) is 2.60. The summed E-state index contributed by atoms with van der Waals surface area (Å²) < 4.78 is 0. The summed E-state index contributed by atoms with van der Waals surface area (Å²) in [4.78, 5) is 16.0. The summed E-state index contributed by atoms with van der Waals surface area (Å²) in [7, 11) is 0. The molecule has 2 aromatic carbocycles. The van der Waals surface area contributed by atoms with E-state index in [4.69, 9.17) is 11.5 Å². The highest BCUT2D eigenvalue weighted by atomic mass is 16.3. The van der Waals surface area contributed by atoms with E-state index < -0.39 is 11.8 Å². The number of rotatable bonds is 5. The smallest absolute Gasteiger partial charge is 0.225 e. The van der Waals surface area contributed by atoms with Crippen LogP contribution in [0.2, 0.25) is 0 Å². The third kappa shape index (κ3) is 3.36. The van der Waals surface area contributed by atoms with E-state index in [1.807, 2.05) is 24.3 Å². The Labute approximate surface area is 139 Å².